The summed E-state index contributed by atoms with van der Waals surface area (Å²) in [5.74, 6) is 0.0835. The number of benzene rings is 1. The van der Waals surface area contributed by atoms with Gasteiger partial charge < -0.3 is 24.8 Å². The smallest absolute Gasteiger partial charge is 0.259 e. The third-order valence-electron chi connectivity index (χ3n) is 5.13. The second-order valence-corrected chi connectivity index (χ2v) is 7.24. The zero-order chi connectivity index (χ0) is 22.1. The van der Waals surface area contributed by atoms with Gasteiger partial charge in [0.2, 0.25) is 0 Å². The lowest BCUT2D eigenvalue weighted by atomic mass is 9.99. The van der Waals surface area contributed by atoms with Gasteiger partial charge >= 0.3 is 0 Å². The third kappa shape index (κ3) is 3.48. The molecule has 3 aromatic heterocycles. The molecule has 9 heteroatoms. The van der Waals surface area contributed by atoms with Crippen LogP contribution in [0, 0.1) is 0 Å². The number of carbonyl (C=O) groups excluding carboxylic acids is 1. The number of carbonyl (C=O) groups is 1. The molecule has 4 aromatic rings. The molecule has 1 amide bonds. The van der Waals surface area contributed by atoms with Gasteiger partial charge in [-0.25, -0.2) is 4.98 Å². The van der Waals surface area contributed by atoms with Crippen molar-refractivity contribution in [1.29, 1.82) is 0 Å². The molecule has 0 aliphatic heterocycles. The number of rotatable bonds is 7. The summed E-state index contributed by atoms with van der Waals surface area (Å²) in [4.78, 5) is 33.2. The number of aryl methyl sites for hydroxylation is 1. The molecule has 4 rings (SSSR count). The van der Waals surface area contributed by atoms with Crippen molar-refractivity contribution >= 4 is 39.4 Å². The van der Waals surface area contributed by atoms with Crippen LogP contribution in [0.2, 0.25) is 0 Å². The Balaban J connectivity index is 2.10. The first-order valence-electron chi connectivity index (χ1n) is 9.70. The van der Waals surface area contributed by atoms with Gasteiger partial charge in [0, 0.05) is 35.3 Å². The van der Waals surface area contributed by atoms with E-state index in [4.69, 9.17) is 26.8 Å². The van der Waals surface area contributed by atoms with Crippen LogP contribution in [0.3, 0.4) is 0 Å². The van der Waals surface area contributed by atoms with Gasteiger partial charge in [0.25, 0.3) is 11.5 Å². The number of nitrogens with two attached hydrogens (primary N) is 1. The molecule has 8 nitrogen and oxygen atoms in total. The third-order valence-corrected chi connectivity index (χ3v) is 5.28. The summed E-state index contributed by atoms with van der Waals surface area (Å²) < 4.78 is 12.8. The number of hydrogen-bond donors (Lipinski definition) is 2. The van der Waals surface area contributed by atoms with E-state index in [-0.39, 0.29) is 29.4 Å². The van der Waals surface area contributed by atoms with Crippen LogP contribution in [-0.2, 0) is 6.54 Å². The lowest BCUT2D eigenvalue weighted by Crippen LogP contribution is -2.22. The van der Waals surface area contributed by atoms with E-state index in [9.17, 15) is 9.59 Å². The van der Waals surface area contributed by atoms with Gasteiger partial charge in [-0.3, -0.25) is 9.59 Å². The van der Waals surface area contributed by atoms with Gasteiger partial charge in [0.05, 0.1) is 29.6 Å². The second kappa shape index (κ2) is 8.31. The lowest BCUT2D eigenvalue weighted by molar-refractivity contribution is 0.0996. The standard InChI is InChI=1S/C22H21ClN4O4/c1-3-27-18-12(11-26-21-14(18)4-6-25-21)8-16(22(27)29)15-9-13(30-2)10-17(20(24)28)19(15)31-7-5-23/h4,6,8-11H,3,5,7H2,1-2H3,(H2,24,28)(H,25,26). The predicted octanol–water partition coefficient (Wildman–Crippen LogP) is 3.29. The highest BCUT2D eigenvalue weighted by Gasteiger charge is 2.22. The van der Waals surface area contributed by atoms with Crippen LogP contribution in [-0.4, -0.2) is 40.0 Å². The molecular formula is C22H21ClN4O4. The van der Waals surface area contributed by atoms with Crippen molar-refractivity contribution in [2.75, 3.05) is 19.6 Å². The summed E-state index contributed by atoms with van der Waals surface area (Å²) in [6, 6.07) is 6.78. The number of halogens is 1. The molecule has 0 unspecified atom stereocenters. The van der Waals surface area contributed by atoms with Crippen molar-refractivity contribution in [2.45, 2.75) is 13.5 Å². The SMILES string of the molecule is CCn1c(=O)c(-c2cc(OC)cc(C(N)=O)c2OCCCl)cc2cnc3[nH]ccc3c21. The second-order valence-electron chi connectivity index (χ2n) is 6.86. The van der Waals surface area contributed by atoms with Crippen LogP contribution in [0.5, 0.6) is 11.5 Å². The molecule has 0 saturated heterocycles. The first kappa shape index (κ1) is 20.7. The molecule has 0 saturated carbocycles. The lowest BCUT2D eigenvalue weighted by Gasteiger charge is -2.17. The zero-order valence-electron chi connectivity index (χ0n) is 17.1. The fraction of sp³-hybridized carbons (Fsp3) is 0.227. The number of methoxy groups -OCH3 is 1. The normalized spacial score (nSPS) is 11.2. The molecular weight excluding hydrogens is 420 g/mol. The van der Waals surface area contributed by atoms with E-state index in [2.05, 4.69) is 9.97 Å². The van der Waals surface area contributed by atoms with Gasteiger partial charge in [-0.2, -0.15) is 0 Å². The number of fused-ring (bicyclic) bond motifs is 3. The number of H-pyrrole nitrogens is 1. The molecule has 0 fully saturated rings. The van der Waals surface area contributed by atoms with Crippen LogP contribution in [0.4, 0.5) is 0 Å². The summed E-state index contributed by atoms with van der Waals surface area (Å²) in [7, 11) is 1.47. The van der Waals surface area contributed by atoms with Crippen LogP contribution < -0.4 is 20.8 Å². The van der Waals surface area contributed by atoms with E-state index in [1.165, 1.54) is 13.2 Å². The van der Waals surface area contributed by atoms with Gasteiger partial charge in [0.1, 0.15) is 23.8 Å². The summed E-state index contributed by atoms with van der Waals surface area (Å²) in [6.07, 6.45) is 3.49. The average Bonchev–Trinajstić information content (AvgIpc) is 3.25. The largest absolute Gasteiger partial charge is 0.497 e. The Bertz CT molecular complexity index is 1360. The first-order valence-corrected chi connectivity index (χ1v) is 10.2. The van der Waals surface area contributed by atoms with Crippen molar-refractivity contribution < 1.29 is 14.3 Å². The summed E-state index contributed by atoms with van der Waals surface area (Å²) in [6.45, 7) is 2.48. The molecule has 0 atom stereocenters. The number of primary amides is 1. The van der Waals surface area contributed by atoms with Crippen LogP contribution in [0.1, 0.15) is 17.3 Å². The quantitative estimate of drug-likeness (QED) is 0.428. The number of nitrogens with zero attached hydrogens (tertiary/aromatic N) is 2. The Hall–Kier alpha value is -3.52. The van der Waals surface area contributed by atoms with Gasteiger partial charge in [-0.15, -0.1) is 11.6 Å². The van der Waals surface area contributed by atoms with Gasteiger partial charge in [0.15, 0.2) is 0 Å². The fourth-order valence-electron chi connectivity index (χ4n) is 3.77. The Labute approximate surface area is 182 Å². The van der Waals surface area contributed by atoms with E-state index in [1.54, 1.807) is 29.1 Å². The Morgan fingerprint density at radius 2 is 2.10 bits per heavy atom. The summed E-state index contributed by atoms with van der Waals surface area (Å²) in [5, 5.41) is 1.63. The summed E-state index contributed by atoms with van der Waals surface area (Å²) >= 11 is 5.80. The molecule has 0 spiro atoms. The highest BCUT2D eigenvalue weighted by molar-refractivity contribution is 6.18. The molecule has 0 aliphatic rings. The van der Waals surface area contributed by atoms with E-state index < -0.39 is 5.91 Å². The zero-order valence-corrected chi connectivity index (χ0v) is 17.8. The Kier molecular flexibility index (Phi) is 5.56. The van der Waals surface area contributed by atoms with E-state index >= 15 is 0 Å². The maximum absolute atomic E-state index is 13.6. The van der Waals surface area contributed by atoms with Crippen molar-refractivity contribution in [3.8, 4) is 22.6 Å². The molecule has 1 aromatic carbocycles. The van der Waals surface area contributed by atoms with E-state index in [0.29, 0.717) is 29.1 Å². The van der Waals surface area contributed by atoms with Gasteiger partial charge in [-0.05, 0) is 31.2 Å². The molecule has 0 radical (unpaired) electrons. The van der Waals surface area contributed by atoms with E-state index in [1.807, 2.05) is 13.0 Å². The number of pyridine rings is 2. The topological polar surface area (TPSA) is 112 Å². The van der Waals surface area contributed by atoms with Crippen molar-refractivity contribution in [3.05, 3.63) is 52.6 Å². The monoisotopic (exact) mass is 440 g/mol. The molecule has 3 heterocycles. The number of ether oxygens (including phenoxy) is 2. The minimum Gasteiger partial charge on any atom is -0.497 e. The average molecular weight is 441 g/mol. The Morgan fingerprint density at radius 3 is 2.77 bits per heavy atom. The molecule has 31 heavy (non-hydrogen) atoms. The number of aromatic amines is 1. The molecule has 0 bridgehead atoms. The Morgan fingerprint density at radius 1 is 1.29 bits per heavy atom. The number of nitrogens with one attached hydrogen (secondary N) is 1. The fourth-order valence-corrected chi connectivity index (χ4v) is 3.85. The van der Waals surface area contributed by atoms with Crippen molar-refractivity contribution in [3.63, 3.8) is 0 Å². The molecule has 0 aliphatic carbocycles. The molecule has 3 N–H and O–H groups in total. The van der Waals surface area contributed by atoms with Crippen LogP contribution >= 0.6 is 11.6 Å². The van der Waals surface area contributed by atoms with E-state index in [0.717, 1.165) is 16.3 Å². The highest BCUT2D eigenvalue weighted by atomic mass is 35.5. The van der Waals surface area contributed by atoms with Crippen molar-refractivity contribution in [2.24, 2.45) is 5.73 Å². The summed E-state index contributed by atoms with van der Waals surface area (Å²) in [5.41, 5.74) is 7.70. The van der Waals surface area contributed by atoms with Gasteiger partial charge in [-0.1, -0.05) is 0 Å². The number of aromatic nitrogens is 3. The predicted molar refractivity (Wildman–Crippen MR) is 120 cm³/mol. The molecule has 160 valence electrons. The van der Waals surface area contributed by atoms with Crippen molar-refractivity contribution in [1.82, 2.24) is 14.5 Å². The minimum atomic E-state index is -0.697. The maximum atomic E-state index is 13.6. The first-order chi connectivity index (χ1) is 15.0. The number of hydrogen-bond acceptors (Lipinski definition) is 5. The van der Waals surface area contributed by atoms with Crippen LogP contribution in [0.25, 0.3) is 33.1 Å². The maximum Gasteiger partial charge on any atom is 0.259 e. The number of alkyl halides is 1. The highest BCUT2D eigenvalue weighted by Crippen LogP contribution is 2.37. The minimum absolute atomic E-state index is 0.112. The van der Waals surface area contributed by atoms with Crippen LogP contribution in [0.15, 0.2) is 41.5 Å². The number of amides is 1.